The fourth-order valence-electron chi connectivity index (χ4n) is 2.07. The van der Waals surface area contributed by atoms with Gasteiger partial charge >= 0.3 is 0 Å². The molecule has 0 spiro atoms. The fourth-order valence-corrected chi connectivity index (χ4v) is 2.07. The molecular formula is C14H18O4. The van der Waals surface area contributed by atoms with Crippen LogP contribution >= 0.6 is 0 Å². The van der Waals surface area contributed by atoms with Crippen molar-refractivity contribution in [1.29, 1.82) is 0 Å². The van der Waals surface area contributed by atoms with Crippen LogP contribution in [0.5, 0.6) is 5.75 Å². The maximum absolute atomic E-state index is 12.4. The number of ketones is 1. The second kappa shape index (κ2) is 4.37. The van der Waals surface area contributed by atoms with Crippen molar-refractivity contribution in [3.05, 3.63) is 29.8 Å². The molecule has 0 aliphatic carbocycles. The lowest BCUT2D eigenvalue weighted by Gasteiger charge is -2.23. The summed E-state index contributed by atoms with van der Waals surface area (Å²) in [6, 6.07) is 7.00. The Hall–Kier alpha value is -1.39. The smallest absolute Gasteiger partial charge is 0.196 e. The van der Waals surface area contributed by atoms with Gasteiger partial charge in [-0.3, -0.25) is 4.79 Å². The summed E-state index contributed by atoms with van der Waals surface area (Å²) in [7, 11) is 1.59. The summed E-state index contributed by atoms with van der Waals surface area (Å²) in [6.45, 7) is 5.64. The van der Waals surface area contributed by atoms with Crippen molar-refractivity contribution in [2.24, 2.45) is 0 Å². The van der Waals surface area contributed by atoms with Gasteiger partial charge in [0, 0.05) is 5.56 Å². The number of methoxy groups -OCH3 is 1. The number of carbonyl (C=O) groups excluding carboxylic acids is 1. The molecule has 0 aromatic heterocycles. The second-order valence-electron chi connectivity index (χ2n) is 5.08. The number of carbonyl (C=O) groups is 1. The molecule has 1 saturated heterocycles. The molecule has 1 unspecified atom stereocenters. The molecule has 1 fully saturated rings. The fraction of sp³-hybridized carbons (Fsp3) is 0.500. The quantitative estimate of drug-likeness (QED) is 0.773. The average Bonchev–Trinajstić information content (AvgIpc) is 2.64. The first-order valence-corrected chi connectivity index (χ1v) is 5.89. The van der Waals surface area contributed by atoms with Crippen molar-refractivity contribution in [2.75, 3.05) is 13.7 Å². The monoisotopic (exact) mass is 250 g/mol. The predicted octanol–water partition coefficient (Wildman–Crippen LogP) is 2.42. The van der Waals surface area contributed by atoms with E-state index < -0.39 is 11.4 Å². The van der Waals surface area contributed by atoms with Gasteiger partial charge < -0.3 is 14.2 Å². The third-order valence-electron chi connectivity index (χ3n) is 3.00. The highest BCUT2D eigenvalue weighted by atomic mass is 16.8. The van der Waals surface area contributed by atoms with Crippen LogP contribution < -0.4 is 4.74 Å². The van der Waals surface area contributed by atoms with Crippen LogP contribution in [0.3, 0.4) is 0 Å². The van der Waals surface area contributed by atoms with Crippen molar-refractivity contribution in [1.82, 2.24) is 0 Å². The Morgan fingerprint density at radius 1 is 1.22 bits per heavy atom. The molecule has 0 N–H and O–H groups in total. The van der Waals surface area contributed by atoms with Gasteiger partial charge in [-0.2, -0.15) is 0 Å². The lowest BCUT2D eigenvalue weighted by molar-refractivity contribution is -0.148. The van der Waals surface area contributed by atoms with Crippen molar-refractivity contribution >= 4 is 5.78 Å². The van der Waals surface area contributed by atoms with E-state index in [0.29, 0.717) is 5.56 Å². The molecule has 0 bridgehead atoms. The lowest BCUT2D eigenvalue weighted by Crippen LogP contribution is -2.39. The van der Waals surface area contributed by atoms with Gasteiger partial charge in [0.2, 0.25) is 0 Å². The molecule has 0 saturated carbocycles. The van der Waals surface area contributed by atoms with E-state index in [9.17, 15) is 4.79 Å². The molecule has 1 aromatic carbocycles. The molecule has 18 heavy (non-hydrogen) atoms. The van der Waals surface area contributed by atoms with Crippen LogP contribution in [0.15, 0.2) is 24.3 Å². The van der Waals surface area contributed by atoms with Crippen LogP contribution in [-0.4, -0.2) is 30.9 Å². The average molecular weight is 250 g/mol. The normalized spacial score (nSPS) is 26.0. The molecule has 1 aliphatic rings. The van der Waals surface area contributed by atoms with Gasteiger partial charge in [-0.1, -0.05) is 0 Å². The van der Waals surface area contributed by atoms with Crippen LogP contribution in [0, 0.1) is 0 Å². The Kier molecular flexibility index (Phi) is 3.17. The van der Waals surface area contributed by atoms with Crippen molar-refractivity contribution < 1.29 is 19.0 Å². The minimum atomic E-state index is -0.919. The molecular weight excluding hydrogens is 232 g/mol. The summed E-state index contributed by atoms with van der Waals surface area (Å²) < 4.78 is 16.2. The Balaban J connectivity index is 2.20. The zero-order valence-electron chi connectivity index (χ0n) is 11.1. The molecule has 1 aliphatic heterocycles. The molecule has 1 aromatic rings. The minimum Gasteiger partial charge on any atom is -0.497 e. The van der Waals surface area contributed by atoms with Crippen LogP contribution in [0.2, 0.25) is 0 Å². The number of benzene rings is 1. The Morgan fingerprint density at radius 3 is 2.28 bits per heavy atom. The topological polar surface area (TPSA) is 44.8 Å². The zero-order valence-corrected chi connectivity index (χ0v) is 11.1. The number of Topliss-reactive ketones (excluding diaryl/α,β-unsaturated/α-hetero) is 1. The lowest BCUT2D eigenvalue weighted by atomic mass is 9.95. The maximum atomic E-state index is 12.4. The van der Waals surface area contributed by atoms with Crippen LogP contribution in [0.1, 0.15) is 31.1 Å². The van der Waals surface area contributed by atoms with Crippen LogP contribution in [0.25, 0.3) is 0 Å². The van der Waals surface area contributed by atoms with E-state index >= 15 is 0 Å². The summed E-state index contributed by atoms with van der Waals surface area (Å²) in [4.78, 5) is 12.4. The Labute approximate surface area is 107 Å². The Bertz CT molecular complexity index is 449. The van der Waals surface area contributed by atoms with Crippen molar-refractivity contribution in [3.63, 3.8) is 0 Å². The largest absolute Gasteiger partial charge is 0.497 e. The predicted molar refractivity (Wildman–Crippen MR) is 66.8 cm³/mol. The summed E-state index contributed by atoms with van der Waals surface area (Å²) in [5.41, 5.74) is -0.322. The van der Waals surface area contributed by atoms with E-state index in [1.807, 2.05) is 0 Å². The van der Waals surface area contributed by atoms with Gasteiger partial charge in [0.1, 0.15) is 5.75 Å². The number of rotatable bonds is 3. The standard InChI is InChI=1S/C14H18O4/c1-13(2)17-9-14(3,18-13)12(15)10-5-7-11(16-4)8-6-10/h5-8H,9H2,1-4H3. The van der Waals surface area contributed by atoms with Gasteiger partial charge in [-0.05, 0) is 45.0 Å². The highest BCUT2D eigenvalue weighted by Gasteiger charge is 2.47. The first-order valence-electron chi connectivity index (χ1n) is 5.89. The van der Waals surface area contributed by atoms with Crippen molar-refractivity contribution in [2.45, 2.75) is 32.2 Å². The summed E-state index contributed by atoms with van der Waals surface area (Å²) >= 11 is 0. The molecule has 4 heteroatoms. The third-order valence-corrected chi connectivity index (χ3v) is 3.00. The van der Waals surface area contributed by atoms with Gasteiger partial charge in [0.05, 0.1) is 13.7 Å². The third kappa shape index (κ3) is 2.40. The SMILES string of the molecule is COc1ccc(C(=O)C2(C)COC(C)(C)O2)cc1. The summed E-state index contributed by atoms with van der Waals surface area (Å²) in [5, 5.41) is 0. The summed E-state index contributed by atoms with van der Waals surface area (Å²) in [5.74, 6) is -0.0620. The van der Waals surface area contributed by atoms with E-state index in [-0.39, 0.29) is 12.4 Å². The van der Waals surface area contributed by atoms with Crippen LogP contribution in [-0.2, 0) is 9.47 Å². The minimum absolute atomic E-state index is 0.0734. The molecule has 1 heterocycles. The molecule has 0 amide bonds. The van der Waals surface area contributed by atoms with Gasteiger partial charge in [-0.25, -0.2) is 0 Å². The van der Waals surface area contributed by atoms with E-state index in [0.717, 1.165) is 5.75 Å². The number of hydrogen-bond donors (Lipinski definition) is 0. The van der Waals surface area contributed by atoms with Gasteiger partial charge in [0.25, 0.3) is 0 Å². The zero-order chi connectivity index (χ0) is 13.4. The first-order chi connectivity index (χ1) is 8.36. The first kappa shape index (κ1) is 13.1. The summed E-state index contributed by atoms with van der Waals surface area (Å²) in [6.07, 6.45) is 0. The van der Waals surface area contributed by atoms with Crippen LogP contribution in [0.4, 0.5) is 0 Å². The number of ether oxygens (including phenoxy) is 3. The van der Waals surface area contributed by atoms with E-state index in [1.165, 1.54) is 0 Å². The molecule has 2 rings (SSSR count). The molecule has 0 radical (unpaired) electrons. The molecule has 98 valence electrons. The highest BCUT2D eigenvalue weighted by Crippen LogP contribution is 2.33. The highest BCUT2D eigenvalue weighted by molar-refractivity contribution is 6.02. The van der Waals surface area contributed by atoms with Gasteiger partial charge in [-0.15, -0.1) is 0 Å². The van der Waals surface area contributed by atoms with E-state index in [2.05, 4.69) is 0 Å². The number of hydrogen-bond acceptors (Lipinski definition) is 4. The van der Waals surface area contributed by atoms with E-state index in [1.54, 1.807) is 52.1 Å². The van der Waals surface area contributed by atoms with E-state index in [4.69, 9.17) is 14.2 Å². The molecule has 1 atom stereocenters. The van der Waals surface area contributed by atoms with Gasteiger partial charge in [0.15, 0.2) is 17.2 Å². The maximum Gasteiger partial charge on any atom is 0.196 e. The Morgan fingerprint density at radius 2 is 1.83 bits per heavy atom. The molecule has 4 nitrogen and oxygen atoms in total. The second-order valence-corrected chi connectivity index (χ2v) is 5.08. The van der Waals surface area contributed by atoms with Crippen molar-refractivity contribution in [3.8, 4) is 5.75 Å².